The van der Waals surface area contributed by atoms with Gasteiger partial charge in [-0.2, -0.15) is 0 Å². The highest BCUT2D eigenvalue weighted by Gasteiger charge is 2.15. The van der Waals surface area contributed by atoms with Gasteiger partial charge in [0, 0.05) is 24.0 Å². The number of aromatic nitrogens is 2. The fourth-order valence-electron chi connectivity index (χ4n) is 3.18. The van der Waals surface area contributed by atoms with Crippen molar-refractivity contribution >= 4 is 17.1 Å². The first kappa shape index (κ1) is 17.7. The predicted molar refractivity (Wildman–Crippen MR) is 111 cm³/mol. The van der Waals surface area contributed by atoms with E-state index >= 15 is 0 Å². The number of hydrogen-bond acceptors (Lipinski definition) is 4. The Bertz CT molecular complexity index is 1180. The van der Waals surface area contributed by atoms with Crippen LogP contribution < -0.4 is 5.56 Å². The first-order valence-electron chi connectivity index (χ1n) is 9.01. The molecule has 4 aromatic rings. The zero-order valence-electron chi connectivity index (χ0n) is 15.2. The number of pyridine rings is 2. The maximum Gasteiger partial charge on any atom is 0.263 e. The summed E-state index contributed by atoms with van der Waals surface area (Å²) in [5, 5.41) is 11.3. The van der Waals surface area contributed by atoms with Gasteiger partial charge in [0.25, 0.3) is 5.56 Å². The molecule has 138 valence electrons. The van der Waals surface area contributed by atoms with Crippen molar-refractivity contribution in [2.45, 2.75) is 13.1 Å². The Morgan fingerprint density at radius 1 is 0.929 bits per heavy atom. The number of rotatable bonds is 5. The number of nitrogens with zero attached hydrogens (tertiary/aromatic N) is 3. The number of benzene rings is 2. The fourth-order valence-corrected chi connectivity index (χ4v) is 3.18. The van der Waals surface area contributed by atoms with Gasteiger partial charge in [0.15, 0.2) is 0 Å². The van der Waals surface area contributed by atoms with Crippen LogP contribution in [-0.2, 0) is 13.1 Å². The lowest BCUT2D eigenvalue weighted by Crippen LogP contribution is -2.25. The van der Waals surface area contributed by atoms with Crippen molar-refractivity contribution < 1.29 is 5.11 Å². The molecule has 1 N–H and O–H groups in total. The number of aromatic hydroxyl groups is 1. The largest absolute Gasteiger partial charge is 0.506 e. The van der Waals surface area contributed by atoms with E-state index in [1.165, 1.54) is 6.21 Å². The molecule has 5 heteroatoms. The van der Waals surface area contributed by atoms with Crippen LogP contribution in [0.4, 0.5) is 0 Å². The van der Waals surface area contributed by atoms with Gasteiger partial charge in [-0.25, -0.2) is 0 Å². The van der Waals surface area contributed by atoms with E-state index in [0.717, 1.165) is 11.1 Å². The lowest BCUT2D eigenvalue weighted by Gasteiger charge is -2.13. The van der Waals surface area contributed by atoms with E-state index in [4.69, 9.17) is 0 Å². The Hall–Kier alpha value is -3.73. The average molecular weight is 369 g/mol. The predicted octanol–water partition coefficient (Wildman–Crippen LogP) is 3.77. The lowest BCUT2D eigenvalue weighted by atomic mass is 10.1. The molecule has 0 bridgehead atoms. The Balaban J connectivity index is 1.79. The maximum atomic E-state index is 13.2. The van der Waals surface area contributed by atoms with Gasteiger partial charge in [-0.15, -0.1) is 0 Å². The smallest absolute Gasteiger partial charge is 0.263 e. The molecule has 0 aliphatic carbocycles. The molecule has 0 atom stereocenters. The second-order valence-electron chi connectivity index (χ2n) is 6.48. The Kier molecular flexibility index (Phi) is 4.97. The topological polar surface area (TPSA) is 67.5 Å². The van der Waals surface area contributed by atoms with Crippen molar-refractivity contribution in [3.63, 3.8) is 0 Å². The van der Waals surface area contributed by atoms with Crippen LogP contribution in [-0.4, -0.2) is 20.9 Å². The zero-order valence-corrected chi connectivity index (χ0v) is 15.2. The third-order valence-electron chi connectivity index (χ3n) is 4.61. The van der Waals surface area contributed by atoms with Crippen LogP contribution in [0, 0.1) is 0 Å². The Morgan fingerprint density at radius 2 is 1.64 bits per heavy atom. The van der Waals surface area contributed by atoms with Crippen molar-refractivity contribution in [3.8, 4) is 5.75 Å². The molecule has 0 unspecified atom stereocenters. The molecular weight excluding hydrogens is 350 g/mol. The van der Waals surface area contributed by atoms with E-state index in [0.29, 0.717) is 24.0 Å². The highest BCUT2D eigenvalue weighted by Crippen LogP contribution is 2.25. The minimum atomic E-state index is -0.265. The van der Waals surface area contributed by atoms with Crippen molar-refractivity contribution in [1.29, 1.82) is 0 Å². The van der Waals surface area contributed by atoms with Gasteiger partial charge in [0.2, 0.25) is 0 Å². The van der Waals surface area contributed by atoms with Crippen LogP contribution in [0.15, 0.2) is 88.9 Å². The summed E-state index contributed by atoms with van der Waals surface area (Å²) >= 11 is 0. The van der Waals surface area contributed by atoms with Crippen LogP contribution in [0.3, 0.4) is 0 Å². The molecular formula is C23H19N3O2. The van der Waals surface area contributed by atoms with Gasteiger partial charge in [-0.05, 0) is 35.4 Å². The van der Waals surface area contributed by atoms with Crippen LogP contribution >= 0.6 is 0 Å². The van der Waals surface area contributed by atoms with Crippen LogP contribution in [0.5, 0.6) is 5.75 Å². The third kappa shape index (κ3) is 3.55. The van der Waals surface area contributed by atoms with E-state index in [1.54, 1.807) is 17.0 Å². The fraction of sp³-hybridized carbons (Fsp3) is 0.0870. The Labute approximate surface area is 162 Å². The highest BCUT2D eigenvalue weighted by atomic mass is 16.3. The standard InChI is InChI=1S/C23H19N3O2/c27-22-19-8-4-5-9-21(19)26(16-18-6-2-1-3-7-18)23(28)20(22)15-25-14-17-10-12-24-13-11-17/h1-13,15,27H,14,16H2. The molecule has 2 aromatic carbocycles. The van der Waals surface area contributed by atoms with Gasteiger partial charge in [-0.3, -0.25) is 14.8 Å². The molecule has 0 amide bonds. The molecule has 0 saturated heterocycles. The lowest BCUT2D eigenvalue weighted by molar-refractivity contribution is 0.478. The second-order valence-corrected chi connectivity index (χ2v) is 6.48. The molecule has 0 spiro atoms. The van der Waals surface area contributed by atoms with E-state index in [2.05, 4.69) is 9.98 Å². The number of para-hydroxylation sites is 1. The molecule has 2 aromatic heterocycles. The molecule has 0 saturated carbocycles. The number of hydrogen-bond donors (Lipinski definition) is 1. The van der Waals surface area contributed by atoms with Crippen molar-refractivity contribution in [2.24, 2.45) is 4.99 Å². The first-order valence-corrected chi connectivity index (χ1v) is 9.01. The van der Waals surface area contributed by atoms with Gasteiger partial charge in [0.05, 0.1) is 18.6 Å². The minimum absolute atomic E-state index is 0.0385. The summed E-state index contributed by atoms with van der Waals surface area (Å²) < 4.78 is 1.68. The molecule has 2 heterocycles. The van der Waals surface area contributed by atoms with Crippen LogP contribution in [0.1, 0.15) is 16.7 Å². The molecule has 0 radical (unpaired) electrons. The van der Waals surface area contributed by atoms with E-state index < -0.39 is 0 Å². The molecule has 4 rings (SSSR count). The van der Waals surface area contributed by atoms with Gasteiger partial charge < -0.3 is 9.67 Å². The van der Waals surface area contributed by atoms with Gasteiger partial charge >= 0.3 is 0 Å². The molecule has 0 fully saturated rings. The number of fused-ring (bicyclic) bond motifs is 1. The van der Waals surface area contributed by atoms with Crippen molar-refractivity contribution in [2.75, 3.05) is 0 Å². The first-order chi connectivity index (χ1) is 13.7. The Morgan fingerprint density at radius 3 is 2.43 bits per heavy atom. The average Bonchev–Trinajstić information content (AvgIpc) is 2.75. The van der Waals surface area contributed by atoms with E-state index in [9.17, 15) is 9.90 Å². The SMILES string of the molecule is O=c1c(C=NCc2ccncc2)c(O)c2ccccc2n1Cc1ccccc1. The monoisotopic (exact) mass is 369 g/mol. The number of aliphatic imine (C=N–C) groups is 1. The molecule has 0 aliphatic heterocycles. The summed E-state index contributed by atoms with van der Waals surface area (Å²) in [6, 6.07) is 20.9. The van der Waals surface area contributed by atoms with Gasteiger partial charge in [0.1, 0.15) is 11.3 Å². The summed E-state index contributed by atoms with van der Waals surface area (Å²) in [5.41, 5.74) is 2.62. The molecule has 28 heavy (non-hydrogen) atoms. The molecule has 0 aliphatic rings. The zero-order chi connectivity index (χ0) is 19.3. The minimum Gasteiger partial charge on any atom is -0.506 e. The van der Waals surface area contributed by atoms with Crippen LogP contribution in [0.25, 0.3) is 10.9 Å². The third-order valence-corrected chi connectivity index (χ3v) is 4.61. The second kappa shape index (κ2) is 7.88. The van der Waals surface area contributed by atoms with E-state index in [1.807, 2.05) is 66.7 Å². The summed E-state index contributed by atoms with van der Waals surface area (Å²) in [5.74, 6) is -0.0385. The summed E-state index contributed by atoms with van der Waals surface area (Å²) in [6.07, 6.45) is 4.86. The van der Waals surface area contributed by atoms with E-state index in [-0.39, 0.29) is 16.9 Å². The van der Waals surface area contributed by atoms with Crippen LogP contribution in [0.2, 0.25) is 0 Å². The molecule has 5 nitrogen and oxygen atoms in total. The highest BCUT2D eigenvalue weighted by molar-refractivity contribution is 5.95. The van der Waals surface area contributed by atoms with Crippen molar-refractivity contribution in [3.05, 3.63) is 106 Å². The summed E-state index contributed by atoms with van der Waals surface area (Å²) in [6.45, 7) is 0.832. The van der Waals surface area contributed by atoms with Crippen molar-refractivity contribution in [1.82, 2.24) is 9.55 Å². The summed E-state index contributed by atoms with van der Waals surface area (Å²) in [4.78, 5) is 21.5. The van der Waals surface area contributed by atoms with Gasteiger partial charge in [-0.1, -0.05) is 42.5 Å². The normalized spacial score (nSPS) is 11.3. The summed E-state index contributed by atoms with van der Waals surface area (Å²) in [7, 11) is 0. The maximum absolute atomic E-state index is 13.2. The quantitative estimate of drug-likeness (QED) is 0.545.